The van der Waals surface area contributed by atoms with Gasteiger partial charge in [0.1, 0.15) is 5.76 Å². The normalized spacial score (nSPS) is 12.2. The van der Waals surface area contributed by atoms with Crippen LogP contribution in [0.5, 0.6) is 0 Å². The first-order chi connectivity index (χ1) is 16.2. The largest absolute Gasteiger partial charge is 0.512 e. The molecule has 1 aromatic heterocycles. The summed E-state index contributed by atoms with van der Waals surface area (Å²) in [6.07, 6.45) is 2.66. The maximum absolute atomic E-state index is 12.6. The van der Waals surface area contributed by atoms with Crippen LogP contribution in [0, 0.1) is 6.92 Å². The van der Waals surface area contributed by atoms with Gasteiger partial charge in [0.05, 0.1) is 10.5 Å². The molecule has 3 aromatic rings. The molecule has 0 spiro atoms. The Morgan fingerprint density at radius 3 is 2.47 bits per heavy atom. The average Bonchev–Trinajstić information content (AvgIpc) is 3.28. The predicted molar refractivity (Wildman–Crippen MR) is 139 cm³/mol. The van der Waals surface area contributed by atoms with Crippen molar-refractivity contribution in [1.82, 2.24) is 4.98 Å². The number of benzene rings is 2. The molecule has 1 heterocycles. The molecule has 0 bridgehead atoms. The number of aliphatic hydroxyl groups is 1. The maximum Gasteiger partial charge on any atom is 0.263 e. The van der Waals surface area contributed by atoms with E-state index in [-0.39, 0.29) is 26.5 Å². The third kappa shape index (κ3) is 6.70. The number of thiazole rings is 1. The van der Waals surface area contributed by atoms with Crippen molar-refractivity contribution in [2.75, 3.05) is 15.4 Å². The fourth-order valence-corrected chi connectivity index (χ4v) is 4.62. The monoisotopic (exact) mass is 515 g/mol. The van der Waals surface area contributed by atoms with Crippen molar-refractivity contribution in [3.8, 4) is 0 Å². The number of aliphatic hydroxyl groups excluding tert-OH is 1. The summed E-state index contributed by atoms with van der Waals surface area (Å²) in [5.41, 5.74) is 1.92. The lowest BCUT2D eigenvalue weighted by atomic mass is 10.2. The summed E-state index contributed by atoms with van der Waals surface area (Å²) in [4.78, 5) is 20.6. The number of para-hydroxylation sites is 1. The van der Waals surface area contributed by atoms with E-state index in [0.29, 0.717) is 11.4 Å². The molecule has 4 N–H and O–H groups in total. The SMILES string of the molecule is C/C(O)=C(\C=N\C(=S)Nc1ccc(S(=O)(=O)Nc2nccs2)cc1)C(=O)Nc1ccccc1C. The third-order valence-corrected chi connectivity index (χ3v) is 6.79. The first-order valence-electron chi connectivity index (χ1n) is 9.80. The molecule has 0 radical (unpaired) electrons. The highest BCUT2D eigenvalue weighted by molar-refractivity contribution is 7.93. The van der Waals surface area contributed by atoms with Crippen LogP contribution in [0.15, 0.2) is 81.3 Å². The molecule has 0 saturated heterocycles. The van der Waals surface area contributed by atoms with Crippen LogP contribution < -0.4 is 15.4 Å². The standard InChI is InChI=1S/C22H21N5O4S3/c1-14-5-3-4-6-19(14)26-20(29)18(15(2)28)13-24-21(32)25-16-7-9-17(10-8-16)34(30,31)27-22-23-11-12-33-22/h3-13,28H,1-2H3,(H,23,27)(H,25,32)(H,26,29)/b18-15-,24-13+. The van der Waals surface area contributed by atoms with Crippen molar-refractivity contribution in [2.24, 2.45) is 4.99 Å². The molecule has 9 nitrogen and oxygen atoms in total. The Hall–Kier alpha value is -3.61. The van der Waals surface area contributed by atoms with Crippen LogP contribution in [0.3, 0.4) is 0 Å². The van der Waals surface area contributed by atoms with Crippen LogP contribution in [0.2, 0.25) is 0 Å². The number of thiocarbonyl (C=S) groups is 1. The minimum atomic E-state index is -3.77. The molecule has 0 unspecified atom stereocenters. The lowest BCUT2D eigenvalue weighted by Gasteiger charge is -2.09. The number of nitrogens with zero attached hydrogens (tertiary/aromatic N) is 2. The van der Waals surface area contributed by atoms with Gasteiger partial charge in [-0.2, -0.15) is 0 Å². The fraction of sp³-hybridized carbons (Fsp3) is 0.0909. The van der Waals surface area contributed by atoms with Crippen LogP contribution in [0.4, 0.5) is 16.5 Å². The van der Waals surface area contributed by atoms with Gasteiger partial charge in [0, 0.05) is 29.2 Å². The van der Waals surface area contributed by atoms with Crippen molar-refractivity contribution in [3.63, 3.8) is 0 Å². The summed E-state index contributed by atoms with van der Waals surface area (Å²) in [5.74, 6) is -0.761. The Balaban J connectivity index is 1.64. The van der Waals surface area contributed by atoms with Gasteiger partial charge in [0.25, 0.3) is 15.9 Å². The number of aromatic nitrogens is 1. The number of carbonyl (C=O) groups is 1. The highest BCUT2D eigenvalue weighted by atomic mass is 32.2. The van der Waals surface area contributed by atoms with Gasteiger partial charge >= 0.3 is 0 Å². The van der Waals surface area contributed by atoms with Gasteiger partial charge in [-0.3, -0.25) is 9.52 Å². The van der Waals surface area contributed by atoms with E-state index < -0.39 is 15.9 Å². The second kappa shape index (κ2) is 11.0. The Labute approximate surface area is 206 Å². The number of sulfonamides is 1. The highest BCUT2D eigenvalue weighted by Gasteiger charge is 2.16. The number of nitrogens with one attached hydrogen (secondary N) is 3. The van der Waals surface area contributed by atoms with Gasteiger partial charge < -0.3 is 15.7 Å². The van der Waals surface area contributed by atoms with Crippen LogP contribution in [0.1, 0.15) is 12.5 Å². The molecule has 34 heavy (non-hydrogen) atoms. The van der Waals surface area contributed by atoms with E-state index in [1.807, 2.05) is 19.1 Å². The second-order valence-corrected chi connectivity index (χ2v) is 9.89. The van der Waals surface area contributed by atoms with E-state index in [2.05, 4.69) is 25.3 Å². The molecule has 0 atom stereocenters. The lowest BCUT2D eigenvalue weighted by molar-refractivity contribution is -0.112. The first-order valence-corrected chi connectivity index (χ1v) is 12.6. The zero-order valence-corrected chi connectivity index (χ0v) is 20.6. The van der Waals surface area contributed by atoms with E-state index in [1.54, 1.807) is 17.5 Å². The highest BCUT2D eigenvalue weighted by Crippen LogP contribution is 2.20. The third-order valence-electron chi connectivity index (χ3n) is 4.41. The number of aryl methyl sites for hydroxylation is 1. The number of anilines is 3. The number of hydrogen-bond acceptors (Lipinski definition) is 7. The van der Waals surface area contributed by atoms with Gasteiger partial charge in [-0.1, -0.05) is 18.2 Å². The number of carbonyl (C=O) groups excluding carboxylic acids is 1. The summed E-state index contributed by atoms with van der Waals surface area (Å²) >= 11 is 6.35. The quantitative estimate of drug-likeness (QED) is 0.158. The average molecular weight is 516 g/mol. The Bertz CT molecular complexity index is 1350. The van der Waals surface area contributed by atoms with E-state index in [4.69, 9.17) is 12.2 Å². The van der Waals surface area contributed by atoms with Gasteiger partial charge in [-0.15, -0.1) is 11.3 Å². The van der Waals surface area contributed by atoms with Crippen molar-refractivity contribution in [1.29, 1.82) is 0 Å². The van der Waals surface area contributed by atoms with Gasteiger partial charge in [0.15, 0.2) is 10.2 Å². The number of hydrogen-bond donors (Lipinski definition) is 4. The van der Waals surface area contributed by atoms with Crippen LogP contribution >= 0.6 is 23.6 Å². The minimum Gasteiger partial charge on any atom is -0.512 e. The zero-order valence-electron chi connectivity index (χ0n) is 18.1. The molecule has 3 rings (SSSR count). The molecule has 12 heteroatoms. The molecular weight excluding hydrogens is 494 g/mol. The smallest absolute Gasteiger partial charge is 0.263 e. The lowest BCUT2D eigenvalue weighted by Crippen LogP contribution is -2.18. The van der Waals surface area contributed by atoms with Gasteiger partial charge in [-0.25, -0.2) is 18.4 Å². The summed E-state index contributed by atoms with van der Waals surface area (Å²) in [6.45, 7) is 3.22. The molecule has 0 aliphatic heterocycles. The topological polar surface area (TPSA) is 133 Å². The number of amides is 1. The molecular formula is C22H21N5O4S3. The molecule has 0 aliphatic carbocycles. The summed E-state index contributed by atoms with van der Waals surface area (Å²) in [5, 5.41) is 17.4. The summed E-state index contributed by atoms with van der Waals surface area (Å²) in [7, 11) is -3.77. The Kier molecular flexibility index (Phi) is 8.10. The van der Waals surface area contributed by atoms with Crippen LogP contribution in [0.25, 0.3) is 0 Å². The molecule has 1 amide bonds. The van der Waals surface area contributed by atoms with E-state index in [1.165, 1.54) is 48.7 Å². The van der Waals surface area contributed by atoms with Crippen LogP contribution in [-0.2, 0) is 14.8 Å². The van der Waals surface area contributed by atoms with Crippen LogP contribution in [-0.4, -0.2) is 35.7 Å². The minimum absolute atomic E-state index is 0.0129. The summed E-state index contributed by atoms with van der Waals surface area (Å²) < 4.78 is 27.2. The molecule has 176 valence electrons. The number of aliphatic imine (C=N–C) groups is 1. The Morgan fingerprint density at radius 1 is 1.15 bits per heavy atom. The second-order valence-electron chi connectivity index (χ2n) is 6.92. The maximum atomic E-state index is 12.6. The van der Waals surface area contributed by atoms with Crippen molar-refractivity contribution >= 4 is 67.3 Å². The van der Waals surface area contributed by atoms with E-state index >= 15 is 0 Å². The van der Waals surface area contributed by atoms with Gasteiger partial charge in [0.2, 0.25) is 0 Å². The number of allylic oxidation sites excluding steroid dienone is 1. The zero-order chi connectivity index (χ0) is 24.7. The summed E-state index contributed by atoms with van der Waals surface area (Å²) in [6, 6.07) is 13.1. The molecule has 0 fully saturated rings. The van der Waals surface area contributed by atoms with Crippen molar-refractivity contribution in [2.45, 2.75) is 18.7 Å². The predicted octanol–water partition coefficient (Wildman–Crippen LogP) is 4.49. The molecule has 0 aliphatic rings. The van der Waals surface area contributed by atoms with E-state index in [9.17, 15) is 18.3 Å². The van der Waals surface area contributed by atoms with Gasteiger partial charge in [-0.05, 0) is 62.0 Å². The van der Waals surface area contributed by atoms with E-state index in [0.717, 1.165) is 11.8 Å². The first kappa shape index (κ1) is 25.0. The van der Waals surface area contributed by atoms with Crippen molar-refractivity contribution in [3.05, 3.63) is 77.0 Å². The fourth-order valence-electron chi connectivity index (χ4n) is 2.66. The van der Waals surface area contributed by atoms with Crippen molar-refractivity contribution < 1.29 is 18.3 Å². The molecule has 0 saturated carbocycles. The Morgan fingerprint density at radius 2 is 1.85 bits per heavy atom. The number of rotatable bonds is 7. The molecule has 2 aromatic carbocycles.